The highest BCUT2D eigenvalue weighted by Crippen LogP contribution is 2.16. The van der Waals surface area contributed by atoms with Gasteiger partial charge in [0.25, 0.3) is 0 Å². The van der Waals surface area contributed by atoms with Gasteiger partial charge in [0.05, 0.1) is 24.8 Å². The maximum Gasteiger partial charge on any atom is 0.316 e. The van der Waals surface area contributed by atoms with E-state index in [0.29, 0.717) is 6.61 Å². The molecule has 1 aromatic rings. The maximum atomic E-state index is 11.2. The zero-order valence-electron chi connectivity index (χ0n) is 10.1. The van der Waals surface area contributed by atoms with Crippen molar-refractivity contribution in [3.8, 4) is 0 Å². The number of hydrogen-bond donors (Lipinski definition) is 1. The average molecular weight is 255 g/mol. The Labute approximate surface area is 105 Å². The van der Waals surface area contributed by atoms with Crippen molar-refractivity contribution >= 4 is 23.5 Å². The van der Waals surface area contributed by atoms with Crippen LogP contribution in [0.15, 0.2) is 17.4 Å². The minimum atomic E-state index is -0.230. The summed E-state index contributed by atoms with van der Waals surface area (Å²) in [5.74, 6) is 0.770. The van der Waals surface area contributed by atoms with Crippen molar-refractivity contribution in [1.29, 1.82) is 0 Å². The molecule has 0 amide bonds. The van der Waals surface area contributed by atoms with Gasteiger partial charge in [-0.05, 0) is 13.3 Å². The van der Waals surface area contributed by atoms with Gasteiger partial charge in [-0.3, -0.25) is 9.78 Å². The van der Waals surface area contributed by atoms with E-state index in [1.54, 1.807) is 19.3 Å². The molecule has 94 valence electrons. The SMILES string of the molecule is CCCNc1cncc(SCC(=O)OCC)n1. The van der Waals surface area contributed by atoms with E-state index in [0.717, 1.165) is 23.8 Å². The molecule has 0 aromatic carbocycles. The third kappa shape index (κ3) is 5.53. The molecule has 0 saturated heterocycles. The highest BCUT2D eigenvalue weighted by Gasteiger charge is 2.05. The highest BCUT2D eigenvalue weighted by atomic mass is 32.2. The van der Waals surface area contributed by atoms with Gasteiger partial charge in [0.1, 0.15) is 10.8 Å². The molecule has 0 saturated carbocycles. The van der Waals surface area contributed by atoms with E-state index < -0.39 is 0 Å². The van der Waals surface area contributed by atoms with Crippen molar-refractivity contribution in [1.82, 2.24) is 9.97 Å². The lowest BCUT2D eigenvalue weighted by atomic mass is 10.5. The van der Waals surface area contributed by atoms with Crippen LogP contribution in [0.3, 0.4) is 0 Å². The lowest BCUT2D eigenvalue weighted by Crippen LogP contribution is -2.07. The molecule has 0 bridgehead atoms. The zero-order chi connectivity index (χ0) is 12.5. The van der Waals surface area contributed by atoms with Gasteiger partial charge in [-0.2, -0.15) is 0 Å². The molecule has 5 nitrogen and oxygen atoms in total. The fraction of sp³-hybridized carbons (Fsp3) is 0.545. The van der Waals surface area contributed by atoms with Crippen LogP contribution >= 0.6 is 11.8 Å². The summed E-state index contributed by atoms with van der Waals surface area (Å²) >= 11 is 1.33. The Morgan fingerprint density at radius 1 is 1.47 bits per heavy atom. The molecule has 0 aliphatic heterocycles. The summed E-state index contributed by atoms with van der Waals surface area (Å²) in [6.45, 7) is 5.14. The van der Waals surface area contributed by atoms with Crippen LogP contribution in [-0.4, -0.2) is 34.8 Å². The fourth-order valence-electron chi connectivity index (χ4n) is 1.09. The van der Waals surface area contributed by atoms with Gasteiger partial charge in [0.15, 0.2) is 0 Å². The average Bonchev–Trinajstić information content (AvgIpc) is 2.35. The molecule has 1 rings (SSSR count). The molecule has 0 aliphatic rings. The number of nitrogens with one attached hydrogen (secondary N) is 1. The molecule has 1 N–H and O–H groups in total. The Kier molecular flexibility index (Phi) is 6.39. The van der Waals surface area contributed by atoms with E-state index in [1.807, 2.05) is 0 Å². The fourth-order valence-corrected chi connectivity index (χ4v) is 1.74. The topological polar surface area (TPSA) is 64.1 Å². The highest BCUT2D eigenvalue weighted by molar-refractivity contribution is 7.99. The Hall–Kier alpha value is -1.30. The summed E-state index contributed by atoms with van der Waals surface area (Å²) in [4.78, 5) is 19.6. The van der Waals surface area contributed by atoms with Gasteiger partial charge in [-0.25, -0.2) is 4.98 Å². The number of nitrogens with zero attached hydrogens (tertiary/aromatic N) is 2. The summed E-state index contributed by atoms with van der Waals surface area (Å²) in [6.07, 6.45) is 4.34. The van der Waals surface area contributed by atoms with Gasteiger partial charge in [0, 0.05) is 6.54 Å². The van der Waals surface area contributed by atoms with Crippen molar-refractivity contribution in [2.75, 3.05) is 24.2 Å². The van der Waals surface area contributed by atoms with Gasteiger partial charge in [-0.1, -0.05) is 18.7 Å². The Morgan fingerprint density at radius 3 is 3.00 bits per heavy atom. The second-order valence-electron chi connectivity index (χ2n) is 3.26. The maximum absolute atomic E-state index is 11.2. The van der Waals surface area contributed by atoms with Gasteiger partial charge in [-0.15, -0.1) is 0 Å². The number of thioether (sulfide) groups is 1. The Morgan fingerprint density at radius 2 is 2.29 bits per heavy atom. The molecule has 0 atom stereocenters. The van der Waals surface area contributed by atoms with Crippen LogP contribution in [0.5, 0.6) is 0 Å². The Bertz CT molecular complexity index is 360. The normalized spacial score (nSPS) is 10.0. The lowest BCUT2D eigenvalue weighted by molar-refractivity contribution is -0.139. The molecule has 0 unspecified atom stereocenters. The number of ether oxygens (including phenoxy) is 1. The molecule has 0 aliphatic carbocycles. The first-order chi connectivity index (χ1) is 8.26. The predicted octanol–water partition coefficient (Wildman–Crippen LogP) is 1.95. The van der Waals surface area contributed by atoms with Gasteiger partial charge in [0.2, 0.25) is 0 Å². The van der Waals surface area contributed by atoms with E-state index in [4.69, 9.17) is 4.74 Å². The first-order valence-electron chi connectivity index (χ1n) is 5.60. The van der Waals surface area contributed by atoms with E-state index in [9.17, 15) is 4.79 Å². The Balaban J connectivity index is 2.45. The van der Waals surface area contributed by atoms with E-state index in [-0.39, 0.29) is 11.7 Å². The smallest absolute Gasteiger partial charge is 0.316 e. The lowest BCUT2D eigenvalue weighted by Gasteiger charge is -2.05. The van der Waals surface area contributed by atoms with Crippen molar-refractivity contribution in [2.45, 2.75) is 25.3 Å². The minimum absolute atomic E-state index is 0.230. The van der Waals surface area contributed by atoms with Crippen molar-refractivity contribution < 1.29 is 9.53 Å². The third-order valence-electron chi connectivity index (χ3n) is 1.81. The standard InChI is InChI=1S/C11H17N3O2S/c1-3-5-13-9-6-12-7-10(14-9)17-8-11(15)16-4-2/h6-7H,3-5,8H2,1-2H3,(H,13,14). The summed E-state index contributed by atoms with van der Waals surface area (Å²) in [5, 5.41) is 3.87. The largest absolute Gasteiger partial charge is 0.465 e. The van der Waals surface area contributed by atoms with Crippen LogP contribution in [0.2, 0.25) is 0 Å². The molecule has 1 aromatic heterocycles. The summed E-state index contributed by atoms with van der Waals surface area (Å²) in [5.41, 5.74) is 0. The molecule has 0 fully saturated rings. The zero-order valence-corrected chi connectivity index (χ0v) is 10.9. The molecular formula is C11H17N3O2S. The minimum Gasteiger partial charge on any atom is -0.465 e. The molecule has 6 heteroatoms. The number of hydrogen-bond acceptors (Lipinski definition) is 6. The second-order valence-corrected chi connectivity index (χ2v) is 4.26. The summed E-state index contributed by atoms with van der Waals surface area (Å²) < 4.78 is 4.84. The van der Waals surface area contributed by atoms with E-state index >= 15 is 0 Å². The van der Waals surface area contributed by atoms with Crippen molar-refractivity contribution in [3.05, 3.63) is 12.4 Å². The monoisotopic (exact) mass is 255 g/mol. The number of carbonyl (C=O) groups is 1. The number of esters is 1. The molecule has 0 radical (unpaired) electrons. The number of carbonyl (C=O) groups excluding carboxylic acids is 1. The number of aromatic nitrogens is 2. The van der Waals surface area contributed by atoms with E-state index in [2.05, 4.69) is 22.2 Å². The first kappa shape index (κ1) is 13.8. The van der Waals surface area contributed by atoms with Crippen LogP contribution in [0.25, 0.3) is 0 Å². The van der Waals surface area contributed by atoms with Crippen molar-refractivity contribution in [2.24, 2.45) is 0 Å². The first-order valence-corrected chi connectivity index (χ1v) is 6.59. The number of rotatable bonds is 7. The summed E-state index contributed by atoms with van der Waals surface area (Å²) in [6, 6.07) is 0. The molecule has 17 heavy (non-hydrogen) atoms. The van der Waals surface area contributed by atoms with Gasteiger partial charge >= 0.3 is 5.97 Å². The summed E-state index contributed by atoms with van der Waals surface area (Å²) in [7, 11) is 0. The van der Waals surface area contributed by atoms with Crippen molar-refractivity contribution in [3.63, 3.8) is 0 Å². The van der Waals surface area contributed by atoms with Crippen LogP contribution in [-0.2, 0) is 9.53 Å². The van der Waals surface area contributed by atoms with Crippen LogP contribution in [0, 0.1) is 0 Å². The van der Waals surface area contributed by atoms with Crippen LogP contribution < -0.4 is 5.32 Å². The predicted molar refractivity (Wildman–Crippen MR) is 68.2 cm³/mol. The van der Waals surface area contributed by atoms with Crippen LogP contribution in [0.4, 0.5) is 5.82 Å². The third-order valence-corrected chi connectivity index (χ3v) is 2.68. The second kappa shape index (κ2) is 7.89. The molecular weight excluding hydrogens is 238 g/mol. The molecule has 1 heterocycles. The van der Waals surface area contributed by atoms with Crippen LogP contribution in [0.1, 0.15) is 20.3 Å². The van der Waals surface area contributed by atoms with E-state index in [1.165, 1.54) is 11.8 Å². The molecule has 0 spiro atoms. The quantitative estimate of drug-likeness (QED) is 0.593. The number of anilines is 1. The van der Waals surface area contributed by atoms with Gasteiger partial charge < -0.3 is 10.1 Å².